The monoisotopic (exact) mass is 335 g/mol. The van der Waals surface area contributed by atoms with Crippen LogP contribution >= 0.6 is 11.3 Å². The molecule has 22 heavy (non-hydrogen) atoms. The number of alkyl halides is 3. The Balaban J connectivity index is 2.22. The minimum absolute atomic E-state index is 0.0639. The van der Waals surface area contributed by atoms with Gasteiger partial charge in [-0.3, -0.25) is 9.69 Å². The maximum Gasteiger partial charge on any atom is 0.434 e. The van der Waals surface area contributed by atoms with Crippen LogP contribution in [0, 0.1) is 5.41 Å². The van der Waals surface area contributed by atoms with Crippen LogP contribution in [0.15, 0.2) is 5.38 Å². The van der Waals surface area contributed by atoms with Crippen LogP contribution in [0.4, 0.5) is 18.0 Å². The molecule has 122 valence electrons. The van der Waals surface area contributed by atoms with E-state index >= 15 is 0 Å². The van der Waals surface area contributed by atoms with E-state index in [2.05, 4.69) is 10.3 Å². The van der Waals surface area contributed by atoms with Gasteiger partial charge < -0.3 is 5.32 Å². The molecular formula is C13H16F3N3O2S. The minimum Gasteiger partial charge on any atom is -0.323 e. The van der Waals surface area contributed by atoms with Gasteiger partial charge in [0.2, 0.25) is 0 Å². The van der Waals surface area contributed by atoms with E-state index in [-0.39, 0.29) is 11.6 Å². The highest BCUT2D eigenvalue weighted by atomic mass is 32.1. The lowest BCUT2D eigenvalue weighted by Gasteiger charge is -2.35. The Kier molecular flexibility index (Phi) is 3.75. The second-order valence-corrected chi connectivity index (χ2v) is 7.26. The molecule has 0 spiro atoms. The Bertz CT molecular complexity index is 621. The summed E-state index contributed by atoms with van der Waals surface area (Å²) in [6, 6.07) is -0.619. The summed E-state index contributed by atoms with van der Waals surface area (Å²) in [5, 5.41) is 3.56. The Hall–Kier alpha value is -1.64. The number of thiazole rings is 1. The average Bonchev–Trinajstić information content (AvgIpc) is 2.88. The summed E-state index contributed by atoms with van der Waals surface area (Å²) in [5.41, 5.74) is -2.65. The van der Waals surface area contributed by atoms with Crippen molar-refractivity contribution in [2.75, 3.05) is 0 Å². The van der Waals surface area contributed by atoms with Crippen molar-refractivity contribution in [1.29, 1.82) is 0 Å². The van der Waals surface area contributed by atoms with E-state index in [1.807, 2.05) is 0 Å². The molecule has 3 amide bonds. The van der Waals surface area contributed by atoms with Crippen LogP contribution < -0.4 is 5.32 Å². The van der Waals surface area contributed by atoms with Crippen molar-refractivity contribution in [3.63, 3.8) is 0 Å². The molecule has 9 heteroatoms. The number of imide groups is 1. The van der Waals surface area contributed by atoms with Crippen LogP contribution in [0.2, 0.25) is 0 Å². The van der Waals surface area contributed by atoms with Crippen molar-refractivity contribution >= 4 is 23.3 Å². The normalized spacial score (nSPS) is 23.1. The molecular weight excluding hydrogens is 319 g/mol. The molecule has 5 nitrogen and oxygen atoms in total. The first kappa shape index (κ1) is 16.7. The van der Waals surface area contributed by atoms with Gasteiger partial charge in [-0.05, 0) is 12.3 Å². The van der Waals surface area contributed by atoms with E-state index in [1.165, 1.54) is 0 Å². The fourth-order valence-electron chi connectivity index (χ4n) is 2.00. The molecule has 1 saturated heterocycles. The van der Waals surface area contributed by atoms with E-state index < -0.39 is 34.8 Å². The number of carbonyl (C=O) groups excluding carboxylic acids is 2. The lowest BCUT2D eigenvalue weighted by Crippen LogP contribution is -2.54. The van der Waals surface area contributed by atoms with Crippen LogP contribution in [0.25, 0.3) is 0 Å². The fraction of sp³-hybridized carbons (Fsp3) is 0.615. The summed E-state index contributed by atoms with van der Waals surface area (Å²) >= 11 is 0.770. The molecule has 2 rings (SSSR count). The van der Waals surface area contributed by atoms with Crippen LogP contribution in [-0.4, -0.2) is 27.4 Å². The van der Waals surface area contributed by atoms with Gasteiger partial charge in [0.05, 0.1) is 6.54 Å². The highest BCUT2D eigenvalue weighted by Crippen LogP contribution is 2.36. The number of carbonyl (C=O) groups is 2. The highest BCUT2D eigenvalue weighted by molar-refractivity contribution is 7.09. The third-order valence-corrected chi connectivity index (χ3v) is 4.74. The lowest BCUT2D eigenvalue weighted by molar-refractivity contribution is -0.140. The Morgan fingerprint density at radius 3 is 2.32 bits per heavy atom. The summed E-state index contributed by atoms with van der Waals surface area (Å²) < 4.78 is 37.6. The van der Waals surface area contributed by atoms with Gasteiger partial charge >= 0.3 is 12.2 Å². The topological polar surface area (TPSA) is 62.3 Å². The minimum atomic E-state index is -4.54. The van der Waals surface area contributed by atoms with Crippen LogP contribution in [0.1, 0.15) is 38.4 Å². The molecule has 0 radical (unpaired) electrons. The number of rotatable bonds is 2. The molecule has 1 N–H and O–H groups in total. The van der Waals surface area contributed by atoms with Gasteiger partial charge in [0.25, 0.3) is 5.91 Å². The molecule has 0 unspecified atom stereocenters. The SMILES string of the molecule is CC(C)(C)[C@]1(C)NC(=O)N(Cc2nc(C(F)(F)F)cs2)C1=O. The lowest BCUT2D eigenvalue weighted by atomic mass is 9.75. The Labute approximate surface area is 129 Å². The zero-order valence-corrected chi connectivity index (χ0v) is 13.4. The number of hydrogen-bond acceptors (Lipinski definition) is 4. The maximum absolute atomic E-state index is 12.5. The molecule has 0 aliphatic carbocycles. The molecule has 1 aromatic rings. The maximum atomic E-state index is 12.5. The summed E-state index contributed by atoms with van der Waals surface area (Å²) in [5.74, 6) is -0.464. The average molecular weight is 335 g/mol. The number of halogens is 3. The fourth-order valence-corrected chi connectivity index (χ4v) is 2.79. The van der Waals surface area contributed by atoms with E-state index in [0.29, 0.717) is 0 Å². The van der Waals surface area contributed by atoms with Gasteiger partial charge in [0, 0.05) is 5.38 Å². The van der Waals surface area contributed by atoms with Crippen LogP contribution in [-0.2, 0) is 17.5 Å². The van der Waals surface area contributed by atoms with E-state index in [0.717, 1.165) is 21.6 Å². The summed E-state index contributed by atoms with van der Waals surface area (Å²) in [7, 11) is 0. The predicted octanol–water partition coefficient (Wildman–Crippen LogP) is 3.02. The summed E-state index contributed by atoms with van der Waals surface area (Å²) in [4.78, 5) is 28.8. The molecule has 1 aromatic heterocycles. The van der Waals surface area contributed by atoms with Crippen molar-refractivity contribution in [2.24, 2.45) is 5.41 Å². The second kappa shape index (κ2) is 4.94. The van der Waals surface area contributed by atoms with Crippen molar-refractivity contribution in [2.45, 2.75) is 46.0 Å². The Morgan fingerprint density at radius 2 is 1.91 bits per heavy atom. The number of nitrogens with one attached hydrogen (secondary N) is 1. The number of hydrogen-bond donors (Lipinski definition) is 1. The smallest absolute Gasteiger partial charge is 0.323 e. The summed E-state index contributed by atoms with van der Waals surface area (Å²) in [6.45, 7) is 6.76. The highest BCUT2D eigenvalue weighted by Gasteiger charge is 2.54. The largest absolute Gasteiger partial charge is 0.434 e. The van der Waals surface area contributed by atoms with Crippen molar-refractivity contribution < 1.29 is 22.8 Å². The van der Waals surface area contributed by atoms with Gasteiger partial charge in [-0.25, -0.2) is 9.78 Å². The third kappa shape index (κ3) is 2.69. The molecule has 1 aliphatic rings. The van der Waals surface area contributed by atoms with E-state index in [1.54, 1.807) is 27.7 Å². The molecule has 0 aromatic carbocycles. The zero-order chi connectivity index (χ0) is 16.9. The molecule has 0 bridgehead atoms. The van der Waals surface area contributed by atoms with Gasteiger partial charge in [-0.15, -0.1) is 11.3 Å². The van der Waals surface area contributed by atoms with Crippen molar-refractivity contribution in [1.82, 2.24) is 15.2 Å². The molecule has 0 saturated carbocycles. The first-order valence-electron chi connectivity index (χ1n) is 6.52. The third-order valence-electron chi connectivity index (χ3n) is 3.91. The standard InChI is InChI=1S/C13H16F3N3O2S/c1-11(2,3)12(4)9(20)19(10(21)18-12)5-8-17-7(6-22-8)13(14,15)16/h6H,5H2,1-4H3,(H,18,21)/t12-/m1/s1. The predicted molar refractivity (Wildman–Crippen MR) is 74.1 cm³/mol. The van der Waals surface area contributed by atoms with E-state index in [4.69, 9.17) is 0 Å². The molecule has 1 fully saturated rings. The second-order valence-electron chi connectivity index (χ2n) is 6.32. The summed E-state index contributed by atoms with van der Waals surface area (Å²) in [6.07, 6.45) is -4.54. The molecule has 2 heterocycles. The van der Waals surface area contributed by atoms with Gasteiger partial charge in [0.1, 0.15) is 10.5 Å². The van der Waals surface area contributed by atoms with Gasteiger partial charge in [-0.1, -0.05) is 20.8 Å². The first-order chi connectivity index (χ1) is 9.86. The molecule has 1 aliphatic heterocycles. The van der Waals surface area contributed by atoms with Crippen molar-refractivity contribution in [3.8, 4) is 0 Å². The molecule has 1 atom stereocenters. The quantitative estimate of drug-likeness (QED) is 0.845. The number of urea groups is 1. The van der Waals surface area contributed by atoms with Gasteiger partial charge in [0.15, 0.2) is 5.69 Å². The number of aromatic nitrogens is 1. The van der Waals surface area contributed by atoms with Crippen LogP contribution in [0.5, 0.6) is 0 Å². The van der Waals surface area contributed by atoms with Crippen molar-refractivity contribution in [3.05, 3.63) is 16.1 Å². The number of amides is 3. The van der Waals surface area contributed by atoms with Crippen LogP contribution in [0.3, 0.4) is 0 Å². The number of nitrogens with zero attached hydrogens (tertiary/aromatic N) is 2. The van der Waals surface area contributed by atoms with Gasteiger partial charge in [-0.2, -0.15) is 13.2 Å². The Morgan fingerprint density at radius 1 is 1.32 bits per heavy atom. The zero-order valence-electron chi connectivity index (χ0n) is 12.5. The first-order valence-corrected chi connectivity index (χ1v) is 7.40. The van der Waals surface area contributed by atoms with E-state index in [9.17, 15) is 22.8 Å².